The predicted octanol–water partition coefficient (Wildman–Crippen LogP) is 1.60. The molecule has 0 aliphatic carbocycles. The molecule has 0 aromatic carbocycles. The molecule has 0 aliphatic rings. The van der Waals surface area contributed by atoms with E-state index in [4.69, 9.17) is 0 Å². The lowest BCUT2D eigenvalue weighted by molar-refractivity contribution is -0.300. The monoisotopic (exact) mass is 324 g/mol. The summed E-state index contributed by atoms with van der Waals surface area (Å²) in [6.45, 7) is 0. The molecule has 0 bridgehead atoms. The summed E-state index contributed by atoms with van der Waals surface area (Å²) >= 11 is 0. The minimum absolute atomic E-state index is 0.481. The highest BCUT2D eigenvalue weighted by molar-refractivity contribution is 7.89. The Morgan fingerprint density at radius 2 is 1.60 bits per heavy atom. The predicted molar refractivity (Wildman–Crippen MR) is 52.1 cm³/mol. The average Bonchev–Trinajstić information content (AvgIpc) is 2.22. The number of aromatic nitrogens is 1. The number of hydrogen-bond donors (Lipinski definition) is 1. The van der Waals surface area contributed by atoms with Crippen LogP contribution in [-0.2, 0) is 10.0 Å². The molecule has 5 nitrogen and oxygen atoms in total. The van der Waals surface area contributed by atoms with E-state index in [2.05, 4.69) is 14.9 Å². The Labute approximate surface area is 108 Å². The van der Waals surface area contributed by atoms with Crippen molar-refractivity contribution in [3.8, 4) is 5.88 Å². The highest BCUT2D eigenvalue weighted by atomic mass is 32.2. The van der Waals surface area contributed by atoms with E-state index < -0.39 is 39.3 Å². The van der Waals surface area contributed by atoms with Gasteiger partial charge < -0.3 is 4.74 Å². The van der Waals surface area contributed by atoms with E-state index in [0.717, 1.165) is 0 Å². The number of halogens is 6. The van der Waals surface area contributed by atoms with E-state index in [-0.39, 0.29) is 0 Å². The molecule has 1 aromatic rings. The number of ether oxygens (including phenoxy) is 1. The average molecular weight is 324 g/mol. The first-order valence-corrected chi connectivity index (χ1v) is 6.15. The fraction of sp³-hybridized carbons (Fsp3) is 0.375. The first-order valence-electron chi connectivity index (χ1n) is 4.61. The quantitative estimate of drug-likeness (QED) is 0.856. The molecule has 0 radical (unpaired) electrons. The van der Waals surface area contributed by atoms with Crippen molar-refractivity contribution < 1.29 is 39.5 Å². The number of nitrogens with two attached hydrogens (primary N) is 1. The van der Waals surface area contributed by atoms with Crippen molar-refractivity contribution in [2.24, 2.45) is 5.14 Å². The van der Waals surface area contributed by atoms with Gasteiger partial charge in [-0.05, 0) is 6.07 Å². The van der Waals surface area contributed by atoms with Crippen molar-refractivity contribution in [2.45, 2.75) is 23.4 Å². The summed E-state index contributed by atoms with van der Waals surface area (Å²) in [6, 6.07) is 1.20. The highest BCUT2D eigenvalue weighted by Gasteiger charge is 2.59. The van der Waals surface area contributed by atoms with Crippen molar-refractivity contribution in [1.29, 1.82) is 0 Å². The largest absolute Gasteiger partial charge is 0.455 e. The van der Waals surface area contributed by atoms with Gasteiger partial charge >= 0.3 is 12.4 Å². The molecule has 0 aliphatic heterocycles. The van der Waals surface area contributed by atoms with Gasteiger partial charge in [0.1, 0.15) is 4.90 Å². The van der Waals surface area contributed by atoms with Crippen LogP contribution in [-0.4, -0.2) is 31.9 Å². The summed E-state index contributed by atoms with van der Waals surface area (Å²) in [7, 11) is -4.17. The van der Waals surface area contributed by atoms with Crippen LogP contribution in [0.2, 0.25) is 0 Å². The van der Waals surface area contributed by atoms with Gasteiger partial charge in [0.25, 0.3) is 6.10 Å². The first kappa shape index (κ1) is 16.5. The molecule has 20 heavy (non-hydrogen) atoms. The normalized spacial score (nSPS) is 13.6. The Balaban J connectivity index is 3.02. The zero-order chi connectivity index (χ0) is 15.8. The van der Waals surface area contributed by atoms with Crippen LogP contribution in [0.15, 0.2) is 23.2 Å². The number of hydrogen-bond acceptors (Lipinski definition) is 4. The third-order valence-electron chi connectivity index (χ3n) is 1.87. The van der Waals surface area contributed by atoms with Gasteiger partial charge in [0.05, 0.1) is 6.20 Å². The Morgan fingerprint density at radius 3 is 1.90 bits per heavy atom. The van der Waals surface area contributed by atoms with Crippen LogP contribution < -0.4 is 9.88 Å². The molecular weight excluding hydrogens is 318 g/mol. The summed E-state index contributed by atoms with van der Waals surface area (Å²) < 4.78 is 98.4. The smallest absolute Gasteiger partial charge is 0.434 e. The van der Waals surface area contributed by atoms with E-state index in [1.165, 1.54) is 0 Å². The second-order valence-corrected chi connectivity index (χ2v) is 5.02. The minimum Gasteiger partial charge on any atom is -0.455 e. The van der Waals surface area contributed by atoms with Gasteiger partial charge in [-0.2, -0.15) is 26.3 Å². The van der Waals surface area contributed by atoms with Crippen LogP contribution in [0.3, 0.4) is 0 Å². The van der Waals surface area contributed by atoms with E-state index in [0.29, 0.717) is 18.3 Å². The Kier molecular flexibility index (Phi) is 4.20. The standard InChI is InChI=1S/C8H6F6N2O3S/c9-7(10,11)6(8(12,13)14)19-5-2-1-4(3-16-5)20(15,17)18/h1-3,6H,(H2,15,17,18). The fourth-order valence-electron chi connectivity index (χ4n) is 1.04. The maximum atomic E-state index is 12.2. The first-order chi connectivity index (χ1) is 8.82. The summed E-state index contributed by atoms with van der Waals surface area (Å²) in [6.07, 6.45) is -15.0. The van der Waals surface area contributed by atoms with Gasteiger partial charge in [-0.15, -0.1) is 0 Å². The fourth-order valence-corrected chi connectivity index (χ4v) is 1.50. The van der Waals surface area contributed by atoms with E-state index in [1.54, 1.807) is 0 Å². The van der Waals surface area contributed by atoms with Gasteiger partial charge in [-0.3, -0.25) is 0 Å². The van der Waals surface area contributed by atoms with Crippen molar-refractivity contribution in [3.63, 3.8) is 0 Å². The molecule has 1 rings (SSSR count). The Morgan fingerprint density at radius 1 is 1.10 bits per heavy atom. The van der Waals surface area contributed by atoms with E-state index in [1.807, 2.05) is 0 Å². The highest BCUT2D eigenvalue weighted by Crippen LogP contribution is 2.36. The molecule has 1 aromatic heterocycles. The van der Waals surface area contributed by atoms with E-state index in [9.17, 15) is 34.8 Å². The molecule has 0 amide bonds. The molecule has 0 fully saturated rings. The lowest BCUT2D eigenvalue weighted by Crippen LogP contribution is -2.46. The van der Waals surface area contributed by atoms with Crippen molar-refractivity contribution >= 4 is 10.0 Å². The van der Waals surface area contributed by atoms with Gasteiger partial charge in [0.15, 0.2) is 0 Å². The van der Waals surface area contributed by atoms with Crippen LogP contribution >= 0.6 is 0 Å². The van der Waals surface area contributed by atoms with Gasteiger partial charge in [0, 0.05) is 6.07 Å². The number of pyridine rings is 1. The molecule has 0 saturated carbocycles. The summed E-state index contributed by atoms with van der Waals surface area (Å²) in [5.74, 6) is -1.04. The molecule has 0 atom stereocenters. The molecule has 2 N–H and O–H groups in total. The Bertz CT molecular complexity index is 551. The van der Waals surface area contributed by atoms with Gasteiger partial charge in [-0.1, -0.05) is 0 Å². The molecule has 12 heteroatoms. The maximum Gasteiger partial charge on any atom is 0.434 e. The van der Waals surface area contributed by atoms with Crippen LogP contribution in [0, 0.1) is 0 Å². The lowest BCUT2D eigenvalue weighted by atomic mass is 10.3. The zero-order valence-corrected chi connectivity index (χ0v) is 10.1. The van der Waals surface area contributed by atoms with Crippen LogP contribution in [0.5, 0.6) is 5.88 Å². The van der Waals surface area contributed by atoms with Gasteiger partial charge in [-0.25, -0.2) is 18.5 Å². The van der Waals surface area contributed by atoms with Gasteiger partial charge in [0.2, 0.25) is 15.9 Å². The third-order valence-corrected chi connectivity index (χ3v) is 2.77. The lowest BCUT2D eigenvalue weighted by Gasteiger charge is -2.23. The summed E-state index contributed by atoms with van der Waals surface area (Å²) in [5.41, 5.74) is 0. The number of primary sulfonamides is 1. The van der Waals surface area contributed by atoms with Crippen LogP contribution in [0.4, 0.5) is 26.3 Å². The maximum absolute atomic E-state index is 12.2. The number of nitrogens with zero attached hydrogens (tertiary/aromatic N) is 1. The molecule has 0 saturated heterocycles. The van der Waals surface area contributed by atoms with Crippen molar-refractivity contribution in [1.82, 2.24) is 4.98 Å². The van der Waals surface area contributed by atoms with Crippen LogP contribution in [0.1, 0.15) is 0 Å². The van der Waals surface area contributed by atoms with Crippen molar-refractivity contribution in [3.05, 3.63) is 18.3 Å². The zero-order valence-electron chi connectivity index (χ0n) is 9.23. The number of rotatable bonds is 3. The number of alkyl halides is 6. The number of sulfonamides is 1. The molecule has 1 heterocycles. The molecular formula is C8H6F6N2O3S. The minimum atomic E-state index is -5.70. The summed E-state index contributed by atoms with van der Waals surface area (Å²) in [4.78, 5) is 2.45. The SMILES string of the molecule is NS(=O)(=O)c1ccc(OC(C(F)(F)F)C(F)(F)F)nc1. The molecule has 0 unspecified atom stereocenters. The topological polar surface area (TPSA) is 82.3 Å². The van der Waals surface area contributed by atoms with E-state index >= 15 is 0 Å². The Hall–Kier alpha value is -1.56. The second kappa shape index (κ2) is 5.09. The molecule has 114 valence electrons. The van der Waals surface area contributed by atoms with Crippen LogP contribution in [0.25, 0.3) is 0 Å². The third kappa shape index (κ3) is 4.23. The second-order valence-electron chi connectivity index (χ2n) is 3.46. The molecule has 0 spiro atoms. The van der Waals surface area contributed by atoms with Crippen molar-refractivity contribution in [2.75, 3.05) is 0 Å². The summed E-state index contributed by atoms with van der Waals surface area (Å²) in [5, 5.41) is 4.68.